The SMILES string of the molecule is CC(C)N1C(=O)COCc2ccc(-c3cccc(O)c3)cc21. The van der Waals surface area contributed by atoms with E-state index in [9.17, 15) is 9.90 Å². The lowest BCUT2D eigenvalue weighted by molar-refractivity contribution is -0.123. The van der Waals surface area contributed by atoms with Gasteiger partial charge in [0.05, 0.1) is 12.3 Å². The Morgan fingerprint density at radius 2 is 1.86 bits per heavy atom. The standard InChI is InChI=1S/C18H19NO3/c1-12(2)19-17-9-14(13-4-3-5-16(20)8-13)6-7-15(17)10-22-11-18(19)21/h3-9,12,20H,10-11H2,1-2H3. The zero-order chi connectivity index (χ0) is 15.7. The van der Waals surface area contributed by atoms with Crippen LogP contribution >= 0.6 is 0 Å². The van der Waals surface area contributed by atoms with Gasteiger partial charge in [0.25, 0.3) is 5.91 Å². The molecule has 1 aliphatic rings. The van der Waals surface area contributed by atoms with E-state index in [4.69, 9.17) is 4.74 Å². The van der Waals surface area contributed by atoms with Gasteiger partial charge < -0.3 is 14.7 Å². The average molecular weight is 297 g/mol. The fourth-order valence-electron chi connectivity index (χ4n) is 2.79. The van der Waals surface area contributed by atoms with Crippen molar-refractivity contribution in [2.75, 3.05) is 11.5 Å². The average Bonchev–Trinajstić information content (AvgIpc) is 2.64. The quantitative estimate of drug-likeness (QED) is 0.925. The predicted molar refractivity (Wildman–Crippen MR) is 85.8 cm³/mol. The van der Waals surface area contributed by atoms with E-state index >= 15 is 0 Å². The van der Waals surface area contributed by atoms with Gasteiger partial charge in [-0.05, 0) is 43.2 Å². The van der Waals surface area contributed by atoms with Crippen LogP contribution in [0.3, 0.4) is 0 Å². The molecule has 0 aromatic heterocycles. The van der Waals surface area contributed by atoms with Gasteiger partial charge in [-0.1, -0.05) is 24.3 Å². The highest BCUT2D eigenvalue weighted by Crippen LogP contribution is 2.32. The van der Waals surface area contributed by atoms with E-state index < -0.39 is 0 Å². The molecule has 1 heterocycles. The fourth-order valence-corrected chi connectivity index (χ4v) is 2.79. The van der Waals surface area contributed by atoms with Crippen molar-refractivity contribution in [3.63, 3.8) is 0 Å². The van der Waals surface area contributed by atoms with Crippen molar-refractivity contribution in [1.29, 1.82) is 0 Å². The Hall–Kier alpha value is -2.33. The Bertz CT molecular complexity index is 709. The maximum absolute atomic E-state index is 12.3. The molecule has 1 amide bonds. The summed E-state index contributed by atoms with van der Waals surface area (Å²) >= 11 is 0. The lowest BCUT2D eigenvalue weighted by Crippen LogP contribution is -2.38. The molecule has 0 unspecified atom stereocenters. The highest BCUT2D eigenvalue weighted by molar-refractivity contribution is 5.96. The van der Waals surface area contributed by atoms with E-state index in [1.165, 1.54) is 0 Å². The van der Waals surface area contributed by atoms with Crippen LogP contribution < -0.4 is 4.90 Å². The molecule has 3 rings (SSSR count). The molecule has 114 valence electrons. The molecule has 22 heavy (non-hydrogen) atoms. The van der Waals surface area contributed by atoms with Crippen LogP contribution in [0, 0.1) is 0 Å². The van der Waals surface area contributed by atoms with E-state index in [0.717, 1.165) is 22.4 Å². The van der Waals surface area contributed by atoms with Gasteiger partial charge in [-0.3, -0.25) is 4.79 Å². The molecule has 0 atom stereocenters. The molecule has 2 aromatic carbocycles. The Morgan fingerprint density at radius 1 is 1.09 bits per heavy atom. The topological polar surface area (TPSA) is 49.8 Å². The molecule has 0 saturated heterocycles. The first-order valence-corrected chi connectivity index (χ1v) is 7.38. The molecular weight excluding hydrogens is 278 g/mol. The van der Waals surface area contributed by atoms with Crippen LogP contribution in [0.2, 0.25) is 0 Å². The van der Waals surface area contributed by atoms with Crippen LogP contribution in [0.1, 0.15) is 19.4 Å². The van der Waals surface area contributed by atoms with E-state index in [0.29, 0.717) is 6.61 Å². The number of carbonyl (C=O) groups is 1. The maximum Gasteiger partial charge on any atom is 0.253 e. The van der Waals surface area contributed by atoms with Crippen molar-refractivity contribution in [1.82, 2.24) is 0 Å². The number of carbonyl (C=O) groups excluding carboxylic acids is 1. The molecule has 2 aromatic rings. The van der Waals surface area contributed by atoms with Crippen LogP contribution in [-0.2, 0) is 16.1 Å². The number of ether oxygens (including phenoxy) is 1. The molecule has 4 heteroatoms. The highest BCUT2D eigenvalue weighted by Gasteiger charge is 2.25. The maximum atomic E-state index is 12.3. The van der Waals surface area contributed by atoms with Gasteiger partial charge in [-0.2, -0.15) is 0 Å². The van der Waals surface area contributed by atoms with Crippen molar-refractivity contribution in [3.05, 3.63) is 48.0 Å². The number of fused-ring (bicyclic) bond motifs is 1. The monoisotopic (exact) mass is 297 g/mol. The molecule has 0 aliphatic carbocycles. The first-order chi connectivity index (χ1) is 10.6. The predicted octanol–water partition coefficient (Wildman–Crippen LogP) is 3.33. The minimum Gasteiger partial charge on any atom is -0.508 e. The summed E-state index contributed by atoms with van der Waals surface area (Å²) in [6, 6.07) is 13.2. The van der Waals surface area contributed by atoms with Crippen molar-refractivity contribution in [2.24, 2.45) is 0 Å². The van der Waals surface area contributed by atoms with Crippen LogP contribution in [0.25, 0.3) is 11.1 Å². The van der Waals surface area contributed by atoms with Crippen LogP contribution in [0.5, 0.6) is 5.75 Å². The highest BCUT2D eigenvalue weighted by atomic mass is 16.5. The van der Waals surface area contributed by atoms with Gasteiger partial charge in [0.2, 0.25) is 0 Å². The van der Waals surface area contributed by atoms with Gasteiger partial charge in [-0.25, -0.2) is 0 Å². The summed E-state index contributed by atoms with van der Waals surface area (Å²) in [7, 11) is 0. The number of rotatable bonds is 2. The van der Waals surface area contributed by atoms with Gasteiger partial charge in [0, 0.05) is 11.6 Å². The Morgan fingerprint density at radius 3 is 2.59 bits per heavy atom. The minimum absolute atomic E-state index is 0.0261. The Labute approximate surface area is 130 Å². The minimum atomic E-state index is -0.0261. The number of aromatic hydroxyl groups is 1. The third-order valence-electron chi connectivity index (χ3n) is 3.79. The number of nitrogens with zero attached hydrogens (tertiary/aromatic N) is 1. The second kappa shape index (κ2) is 5.81. The summed E-state index contributed by atoms with van der Waals surface area (Å²) in [6.07, 6.45) is 0. The first kappa shape index (κ1) is 14.6. The van der Waals surface area contributed by atoms with Crippen molar-refractivity contribution >= 4 is 11.6 Å². The summed E-state index contributed by atoms with van der Waals surface area (Å²) in [4.78, 5) is 14.1. The Balaban J connectivity index is 2.11. The second-order valence-electron chi connectivity index (χ2n) is 5.74. The molecule has 0 saturated carbocycles. The number of phenolic OH excluding ortho intramolecular Hbond substituents is 1. The van der Waals surface area contributed by atoms with Gasteiger partial charge in [-0.15, -0.1) is 0 Å². The van der Waals surface area contributed by atoms with E-state index in [2.05, 4.69) is 0 Å². The summed E-state index contributed by atoms with van der Waals surface area (Å²) in [5, 5.41) is 9.66. The largest absolute Gasteiger partial charge is 0.508 e. The lowest BCUT2D eigenvalue weighted by atomic mass is 10.0. The van der Waals surface area contributed by atoms with Crippen LogP contribution in [0.15, 0.2) is 42.5 Å². The molecule has 1 aliphatic heterocycles. The third kappa shape index (κ3) is 2.70. The summed E-state index contributed by atoms with van der Waals surface area (Å²) in [5.74, 6) is 0.203. The fraction of sp³-hybridized carbons (Fsp3) is 0.278. The molecular formula is C18H19NO3. The van der Waals surface area contributed by atoms with E-state index in [1.54, 1.807) is 17.0 Å². The van der Waals surface area contributed by atoms with Crippen LogP contribution in [0.4, 0.5) is 5.69 Å². The number of phenols is 1. The number of hydrogen-bond acceptors (Lipinski definition) is 3. The van der Waals surface area contributed by atoms with Crippen molar-refractivity contribution in [2.45, 2.75) is 26.5 Å². The number of amides is 1. The number of benzene rings is 2. The normalized spacial score (nSPS) is 14.9. The molecule has 0 radical (unpaired) electrons. The molecule has 0 spiro atoms. The van der Waals surface area contributed by atoms with E-state index in [-0.39, 0.29) is 24.3 Å². The van der Waals surface area contributed by atoms with Crippen molar-refractivity contribution in [3.8, 4) is 16.9 Å². The lowest BCUT2D eigenvalue weighted by Gasteiger charge is -2.27. The molecule has 4 nitrogen and oxygen atoms in total. The molecule has 1 N–H and O–H groups in total. The Kier molecular flexibility index (Phi) is 3.86. The molecule has 0 bridgehead atoms. The third-order valence-corrected chi connectivity index (χ3v) is 3.79. The summed E-state index contributed by atoms with van der Waals surface area (Å²) in [5.41, 5.74) is 3.78. The zero-order valence-corrected chi connectivity index (χ0v) is 12.7. The number of hydrogen-bond donors (Lipinski definition) is 1. The van der Waals surface area contributed by atoms with Gasteiger partial charge in [0.15, 0.2) is 0 Å². The summed E-state index contributed by atoms with van der Waals surface area (Å²) < 4.78 is 5.45. The smallest absolute Gasteiger partial charge is 0.253 e. The van der Waals surface area contributed by atoms with Crippen molar-refractivity contribution < 1.29 is 14.6 Å². The zero-order valence-electron chi connectivity index (χ0n) is 12.7. The molecule has 0 fully saturated rings. The van der Waals surface area contributed by atoms with Gasteiger partial charge in [0.1, 0.15) is 12.4 Å². The second-order valence-corrected chi connectivity index (χ2v) is 5.74. The summed E-state index contributed by atoms with van der Waals surface area (Å²) in [6.45, 7) is 4.53. The number of anilines is 1. The van der Waals surface area contributed by atoms with E-state index in [1.807, 2.05) is 44.2 Å². The first-order valence-electron chi connectivity index (χ1n) is 7.38. The van der Waals surface area contributed by atoms with Gasteiger partial charge >= 0.3 is 0 Å². The van der Waals surface area contributed by atoms with Crippen LogP contribution in [-0.4, -0.2) is 23.7 Å².